The standard InChI is InChI=1S/C51H42/c1-5-6-7-8-9-17-37-28-26-35(2)45(32-37)46-33-39(29-27-36(46)3)40-30-31-50(47(34-40)42-23-16-19-38-18-10-11-20-41(38)42)51(4)48-24-14-12-21-43(48)44-22-13-15-25-49(44)51/h5-34H,1-4H3/b6-5+,8-7-,17-9-. The summed E-state index contributed by atoms with van der Waals surface area (Å²) in [6.45, 7) is 8.89. The Morgan fingerprint density at radius 1 is 0.431 bits per heavy atom. The normalized spacial score (nSPS) is 13.4. The molecule has 7 aromatic carbocycles. The van der Waals surface area contributed by atoms with Crippen LogP contribution in [0.25, 0.3) is 61.4 Å². The molecule has 246 valence electrons. The van der Waals surface area contributed by atoms with Crippen LogP contribution < -0.4 is 0 Å². The van der Waals surface area contributed by atoms with E-state index >= 15 is 0 Å². The Morgan fingerprint density at radius 2 is 0.980 bits per heavy atom. The molecule has 0 atom stereocenters. The summed E-state index contributed by atoms with van der Waals surface area (Å²) in [7, 11) is 0. The average Bonchev–Trinajstić information content (AvgIpc) is 3.44. The lowest BCUT2D eigenvalue weighted by Gasteiger charge is -2.31. The Morgan fingerprint density at radius 3 is 1.73 bits per heavy atom. The van der Waals surface area contributed by atoms with Crippen LogP contribution in [0.15, 0.2) is 176 Å². The zero-order chi connectivity index (χ0) is 35.0. The van der Waals surface area contributed by atoms with E-state index in [2.05, 4.69) is 191 Å². The van der Waals surface area contributed by atoms with Crippen LogP contribution in [0.3, 0.4) is 0 Å². The molecule has 0 spiro atoms. The molecule has 0 fully saturated rings. The molecule has 0 amide bonds. The monoisotopic (exact) mass is 654 g/mol. The van der Waals surface area contributed by atoms with E-state index in [-0.39, 0.29) is 5.41 Å². The highest BCUT2D eigenvalue weighted by atomic mass is 14.4. The molecule has 0 saturated heterocycles. The molecule has 0 saturated carbocycles. The fourth-order valence-corrected chi connectivity index (χ4v) is 8.12. The Kier molecular flexibility index (Phi) is 8.46. The van der Waals surface area contributed by atoms with E-state index in [1.54, 1.807) is 0 Å². The molecule has 1 aliphatic carbocycles. The van der Waals surface area contributed by atoms with Gasteiger partial charge in [-0.1, -0.05) is 164 Å². The van der Waals surface area contributed by atoms with Gasteiger partial charge in [-0.25, -0.2) is 0 Å². The zero-order valence-electron chi connectivity index (χ0n) is 29.8. The Bertz CT molecular complexity index is 2470. The maximum atomic E-state index is 2.45. The molecule has 51 heavy (non-hydrogen) atoms. The van der Waals surface area contributed by atoms with Gasteiger partial charge in [0.05, 0.1) is 0 Å². The van der Waals surface area contributed by atoms with E-state index < -0.39 is 0 Å². The highest BCUT2D eigenvalue weighted by Crippen LogP contribution is 2.54. The van der Waals surface area contributed by atoms with E-state index in [1.807, 2.05) is 19.1 Å². The van der Waals surface area contributed by atoms with Crippen molar-refractivity contribution in [1.82, 2.24) is 0 Å². The fourth-order valence-electron chi connectivity index (χ4n) is 8.12. The van der Waals surface area contributed by atoms with Crippen LogP contribution >= 0.6 is 0 Å². The summed E-state index contributed by atoms with van der Waals surface area (Å²) in [5.41, 5.74) is 17.6. The highest BCUT2D eigenvalue weighted by Gasteiger charge is 2.42. The molecule has 8 rings (SSSR count). The van der Waals surface area contributed by atoms with E-state index in [4.69, 9.17) is 0 Å². The Hall–Kier alpha value is -5.98. The van der Waals surface area contributed by atoms with Crippen LogP contribution in [0.4, 0.5) is 0 Å². The van der Waals surface area contributed by atoms with Crippen LogP contribution in [-0.4, -0.2) is 0 Å². The topological polar surface area (TPSA) is 0 Å². The van der Waals surface area contributed by atoms with Crippen molar-refractivity contribution in [3.05, 3.63) is 209 Å². The van der Waals surface area contributed by atoms with Gasteiger partial charge in [0.25, 0.3) is 0 Å². The third-order valence-electron chi connectivity index (χ3n) is 10.8. The van der Waals surface area contributed by atoms with Crippen LogP contribution in [0, 0.1) is 13.8 Å². The van der Waals surface area contributed by atoms with Crippen molar-refractivity contribution in [2.24, 2.45) is 0 Å². The van der Waals surface area contributed by atoms with Gasteiger partial charge in [0.2, 0.25) is 0 Å². The lowest BCUT2D eigenvalue weighted by molar-refractivity contribution is 0.716. The van der Waals surface area contributed by atoms with Gasteiger partial charge < -0.3 is 0 Å². The molecule has 0 bridgehead atoms. The minimum atomic E-state index is -0.316. The molecule has 0 unspecified atom stereocenters. The summed E-state index contributed by atoms with van der Waals surface area (Å²) in [6, 6.07) is 54.4. The quantitative estimate of drug-likeness (QED) is 0.150. The summed E-state index contributed by atoms with van der Waals surface area (Å²) in [5, 5.41) is 2.52. The van der Waals surface area contributed by atoms with Crippen LogP contribution in [-0.2, 0) is 5.41 Å². The number of allylic oxidation sites excluding steroid dienone is 5. The predicted molar refractivity (Wildman–Crippen MR) is 220 cm³/mol. The summed E-state index contributed by atoms with van der Waals surface area (Å²) in [5.74, 6) is 0. The SMILES string of the molecule is C/C=C/C=C\C=C/c1ccc(C)c(-c2cc(-c3ccc(C4(C)c5ccccc5-c5ccccc54)c(-c4cccc5ccccc45)c3)ccc2C)c1. The number of benzene rings is 7. The van der Waals surface area contributed by atoms with Crippen molar-refractivity contribution in [3.8, 4) is 44.5 Å². The fraction of sp³-hybridized carbons (Fsp3) is 0.0980. The van der Waals surface area contributed by atoms with Crippen LogP contribution in [0.5, 0.6) is 0 Å². The molecule has 0 N–H and O–H groups in total. The summed E-state index contributed by atoms with van der Waals surface area (Å²) in [6.07, 6.45) is 12.5. The molecule has 7 aromatic rings. The van der Waals surface area contributed by atoms with E-state index in [0.717, 1.165) is 0 Å². The van der Waals surface area contributed by atoms with E-state index in [9.17, 15) is 0 Å². The van der Waals surface area contributed by atoms with Crippen molar-refractivity contribution < 1.29 is 0 Å². The van der Waals surface area contributed by atoms with Gasteiger partial charge in [-0.15, -0.1) is 0 Å². The maximum absolute atomic E-state index is 2.45. The van der Waals surface area contributed by atoms with E-state index in [0.29, 0.717) is 0 Å². The summed E-state index contributed by atoms with van der Waals surface area (Å²) < 4.78 is 0. The smallest absolute Gasteiger partial charge is 0.0441 e. The van der Waals surface area contributed by atoms with Gasteiger partial charge in [-0.2, -0.15) is 0 Å². The first-order valence-electron chi connectivity index (χ1n) is 18.0. The zero-order valence-corrected chi connectivity index (χ0v) is 29.8. The lowest BCUT2D eigenvalue weighted by atomic mass is 9.71. The number of fused-ring (bicyclic) bond motifs is 4. The van der Waals surface area contributed by atoms with Gasteiger partial charge in [-0.05, 0) is 135 Å². The largest absolute Gasteiger partial charge is 0.0877 e. The van der Waals surface area contributed by atoms with Gasteiger partial charge in [0.15, 0.2) is 0 Å². The molecular weight excluding hydrogens is 613 g/mol. The van der Waals surface area contributed by atoms with Crippen LogP contribution in [0.2, 0.25) is 0 Å². The van der Waals surface area contributed by atoms with Crippen molar-refractivity contribution in [2.45, 2.75) is 33.1 Å². The number of rotatable bonds is 7. The van der Waals surface area contributed by atoms with Crippen LogP contribution in [0.1, 0.15) is 47.2 Å². The third kappa shape index (κ3) is 5.68. The summed E-state index contributed by atoms with van der Waals surface area (Å²) in [4.78, 5) is 0. The van der Waals surface area contributed by atoms with Crippen molar-refractivity contribution in [2.75, 3.05) is 0 Å². The summed E-state index contributed by atoms with van der Waals surface area (Å²) >= 11 is 0. The second kappa shape index (κ2) is 13.4. The minimum absolute atomic E-state index is 0.316. The molecule has 0 aliphatic heterocycles. The second-order valence-corrected chi connectivity index (χ2v) is 13.9. The van der Waals surface area contributed by atoms with Gasteiger partial charge in [0, 0.05) is 5.41 Å². The van der Waals surface area contributed by atoms with Crippen molar-refractivity contribution in [1.29, 1.82) is 0 Å². The number of hydrogen-bond donors (Lipinski definition) is 0. The Balaban J connectivity index is 1.31. The highest BCUT2D eigenvalue weighted by molar-refractivity contribution is 5.99. The predicted octanol–water partition coefficient (Wildman–Crippen LogP) is 13.9. The molecule has 0 aromatic heterocycles. The first-order valence-corrected chi connectivity index (χ1v) is 18.0. The first-order chi connectivity index (χ1) is 25.0. The van der Waals surface area contributed by atoms with Crippen molar-refractivity contribution in [3.63, 3.8) is 0 Å². The van der Waals surface area contributed by atoms with Gasteiger partial charge in [0.1, 0.15) is 0 Å². The average molecular weight is 655 g/mol. The molecule has 0 heteroatoms. The minimum Gasteiger partial charge on any atom is -0.0877 e. The first kappa shape index (κ1) is 32.2. The maximum Gasteiger partial charge on any atom is 0.0441 e. The van der Waals surface area contributed by atoms with Crippen molar-refractivity contribution >= 4 is 16.8 Å². The third-order valence-corrected chi connectivity index (χ3v) is 10.8. The number of hydrogen-bond acceptors (Lipinski definition) is 0. The van der Waals surface area contributed by atoms with Gasteiger partial charge >= 0.3 is 0 Å². The van der Waals surface area contributed by atoms with E-state index in [1.165, 1.54) is 88.7 Å². The molecular formula is C51H42. The lowest BCUT2D eigenvalue weighted by Crippen LogP contribution is -2.23. The number of aryl methyl sites for hydroxylation is 2. The molecule has 1 aliphatic rings. The Labute approximate surface area is 302 Å². The molecule has 0 nitrogen and oxygen atoms in total. The van der Waals surface area contributed by atoms with Gasteiger partial charge in [-0.3, -0.25) is 0 Å². The molecule has 0 heterocycles. The molecule has 0 radical (unpaired) electrons. The second-order valence-electron chi connectivity index (χ2n) is 13.9.